The summed E-state index contributed by atoms with van der Waals surface area (Å²) < 4.78 is 2.05. The molecule has 0 aliphatic rings. The minimum atomic E-state index is -0.0674. The molecule has 1 N–H and O–H groups in total. The van der Waals surface area contributed by atoms with E-state index in [-0.39, 0.29) is 10.8 Å². The molecule has 0 radical (unpaired) electrons. The van der Waals surface area contributed by atoms with Crippen LogP contribution < -0.4 is 5.32 Å². The Hall–Kier alpha value is -1.91. The van der Waals surface area contributed by atoms with Crippen LogP contribution in [0.4, 0.5) is 5.82 Å². The maximum absolute atomic E-state index is 4.77. The quantitative estimate of drug-likeness (QED) is 0.940. The molecule has 0 atom stereocenters. The van der Waals surface area contributed by atoms with Gasteiger partial charge in [-0.3, -0.25) is 0 Å². The third kappa shape index (κ3) is 4.29. The number of nitrogens with one attached hydrogen (secondary N) is 1. The van der Waals surface area contributed by atoms with Crippen molar-refractivity contribution in [2.45, 2.75) is 58.9 Å². The average Bonchev–Trinajstić information content (AvgIpc) is 2.89. The zero-order valence-electron chi connectivity index (χ0n) is 14.5. The van der Waals surface area contributed by atoms with Crippen molar-refractivity contribution in [3.8, 4) is 0 Å². The molecular formula is C17H27N5. The van der Waals surface area contributed by atoms with Crippen LogP contribution in [0.2, 0.25) is 0 Å². The Morgan fingerprint density at radius 3 is 2.32 bits per heavy atom. The second kappa shape index (κ2) is 6.07. The monoisotopic (exact) mass is 301 g/mol. The number of nitrogens with zero attached hydrogens (tertiary/aromatic N) is 4. The summed E-state index contributed by atoms with van der Waals surface area (Å²) >= 11 is 0. The largest absolute Gasteiger partial charge is 0.368 e. The van der Waals surface area contributed by atoms with Gasteiger partial charge in [0.05, 0.1) is 12.0 Å². The molecular weight excluding hydrogens is 274 g/mol. The molecule has 2 aromatic heterocycles. The van der Waals surface area contributed by atoms with E-state index >= 15 is 0 Å². The standard InChI is InChI=1S/C17H27N5/c1-16(2,3)13-11-14(21-15(20-13)17(4,5)6)19-8-10-22-9-7-18-12-22/h7,9,11-12H,8,10H2,1-6H3,(H,19,20,21). The van der Waals surface area contributed by atoms with E-state index in [2.05, 4.69) is 62.9 Å². The van der Waals surface area contributed by atoms with E-state index in [0.29, 0.717) is 0 Å². The summed E-state index contributed by atoms with van der Waals surface area (Å²) in [4.78, 5) is 13.5. The van der Waals surface area contributed by atoms with E-state index in [1.165, 1.54) is 0 Å². The molecule has 2 heterocycles. The summed E-state index contributed by atoms with van der Waals surface area (Å²) in [5.74, 6) is 1.77. The highest BCUT2D eigenvalue weighted by molar-refractivity contribution is 5.38. The molecule has 0 fully saturated rings. The Morgan fingerprint density at radius 2 is 1.77 bits per heavy atom. The molecule has 22 heavy (non-hydrogen) atoms. The van der Waals surface area contributed by atoms with Crippen molar-refractivity contribution >= 4 is 5.82 Å². The van der Waals surface area contributed by atoms with Gasteiger partial charge in [-0.15, -0.1) is 0 Å². The number of hydrogen-bond donors (Lipinski definition) is 1. The van der Waals surface area contributed by atoms with E-state index in [0.717, 1.165) is 30.4 Å². The van der Waals surface area contributed by atoms with Gasteiger partial charge in [0.1, 0.15) is 11.6 Å². The second-order valence-electron chi connectivity index (χ2n) is 7.69. The Kier molecular flexibility index (Phi) is 4.54. The Morgan fingerprint density at radius 1 is 1.05 bits per heavy atom. The van der Waals surface area contributed by atoms with Crippen LogP contribution in [0.15, 0.2) is 24.8 Å². The maximum atomic E-state index is 4.77. The molecule has 2 aromatic rings. The Balaban J connectivity index is 2.18. The second-order valence-corrected chi connectivity index (χ2v) is 7.69. The molecule has 5 heteroatoms. The van der Waals surface area contributed by atoms with Crippen molar-refractivity contribution in [3.05, 3.63) is 36.3 Å². The SMILES string of the molecule is CC(C)(C)c1cc(NCCn2ccnc2)nc(C(C)(C)C)n1. The van der Waals surface area contributed by atoms with Gasteiger partial charge in [-0.1, -0.05) is 41.5 Å². The summed E-state index contributed by atoms with van der Waals surface area (Å²) in [5, 5.41) is 3.41. The van der Waals surface area contributed by atoms with Crippen molar-refractivity contribution in [2.24, 2.45) is 0 Å². The maximum Gasteiger partial charge on any atom is 0.136 e. The number of rotatable bonds is 4. The number of aromatic nitrogens is 4. The van der Waals surface area contributed by atoms with Crippen molar-refractivity contribution in [2.75, 3.05) is 11.9 Å². The third-order valence-corrected chi connectivity index (χ3v) is 3.40. The summed E-state index contributed by atoms with van der Waals surface area (Å²) in [7, 11) is 0. The van der Waals surface area contributed by atoms with Crippen LogP contribution in [-0.2, 0) is 17.4 Å². The van der Waals surface area contributed by atoms with Gasteiger partial charge in [0.15, 0.2) is 0 Å². The Bertz CT molecular complexity index is 571. The number of anilines is 1. The van der Waals surface area contributed by atoms with Gasteiger partial charge in [0.2, 0.25) is 0 Å². The number of hydrogen-bond acceptors (Lipinski definition) is 4. The van der Waals surface area contributed by atoms with E-state index in [1.54, 1.807) is 6.20 Å². The molecule has 5 nitrogen and oxygen atoms in total. The molecule has 0 saturated heterocycles. The molecule has 0 aliphatic heterocycles. The topological polar surface area (TPSA) is 55.6 Å². The van der Waals surface area contributed by atoms with Crippen LogP contribution in [0.1, 0.15) is 53.1 Å². The fourth-order valence-corrected chi connectivity index (χ4v) is 1.99. The lowest BCUT2D eigenvalue weighted by Crippen LogP contribution is -2.23. The fraction of sp³-hybridized carbons (Fsp3) is 0.588. The van der Waals surface area contributed by atoms with E-state index in [4.69, 9.17) is 4.98 Å². The van der Waals surface area contributed by atoms with Gasteiger partial charge in [-0.25, -0.2) is 15.0 Å². The minimum Gasteiger partial charge on any atom is -0.368 e. The lowest BCUT2D eigenvalue weighted by atomic mass is 9.90. The first-order chi connectivity index (χ1) is 10.2. The predicted molar refractivity (Wildman–Crippen MR) is 90.1 cm³/mol. The van der Waals surface area contributed by atoms with Gasteiger partial charge in [0, 0.05) is 42.4 Å². The normalized spacial score (nSPS) is 12.5. The van der Waals surface area contributed by atoms with Crippen molar-refractivity contribution in [1.29, 1.82) is 0 Å². The van der Waals surface area contributed by atoms with E-state index < -0.39 is 0 Å². The first-order valence-corrected chi connectivity index (χ1v) is 7.76. The van der Waals surface area contributed by atoms with Gasteiger partial charge >= 0.3 is 0 Å². The van der Waals surface area contributed by atoms with E-state index in [1.807, 2.05) is 17.1 Å². The van der Waals surface area contributed by atoms with Crippen LogP contribution in [0, 0.1) is 0 Å². The molecule has 0 aliphatic carbocycles. The first-order valence-electron chi connectivity index (χ1n) is 7.76. The van der Waals surface area contributed by atoms with Gasteiger partial charge in [0.25, 0.3) is 0 Å². The van der Waals surface area contributed by atoms with Gasteiger partial charge in [-0.2, -0.15) is 0 Å². The fourth-order valence-electron chi connectivity index (χ4n) is 1.99. The Labute approximate surface area is 133 Å². The van der Waals surface area contributed by atoms with Crippen LogP contribution >= 0.6 is 0 Å². The smallest absolute Gasteiger partial charge is 0.136 e. The highest BCUT2D eigenvalue weighted by atomic mass is 15.1. The highest BCUT2D eigenvalue weighted by Gasteiger charge is 2.23. The number of imidazole rings is 1. The highest BCUT2D eigenvalue weighted by Crippen LogP contribution is 2.26. The van der Waals surface area contributed by atoms with Crippen LogP contribution in [0.3, 0.4) is 0 Å². The zero-order valence-corrected chi connectivity index (χ0v) is 14.5. The molecule has 0 unspecified atom stereocenters. The molecule has 0 saturated carbocycles. The summed E-state index contributed by atoms with van der Waals surface area (Å²) in [6.07, 6.45) is 5.58. The average molecular weight is 301 g/mol. The molecule has 0 amide bonds. The summed E-state index contributed by atoms with van der Waals surface area (Å²) in [6.45, 7) is 14.6. The van der Waals surface area contributed by atoms with Gasteiger partial charge in [-0.05, 0) is 0 Å². The first kappa shape index (κ1) is 16.5. The van der Waals surface area contributed by atoms with Gasteiger partial charge < -0.3 is 9.88 Å². The molecule has 0 aromatic carbocycles. The zero-order chi connectivity index (χ0) is 16.4. The third-order valence-electron chi connectivity index (χ3n) is 3.40. The van der Waals surface area contributed by atoms with Crippen molar-refractivity contribution in [3.63, 3.8) is 0 Å². The lowest BCUT2D eigenvalue weighted by molar-refractivity contribution is 0.514. The molecule has 0 bridgehead atoms. The summed E-state index contributed by atoms with van der Waals surface area (Å²) in [6, 6.07) is 2.06. The summed E-state index contributed by atoms with van der Waals surface area (Å²) in [5.41, 5.74) is 1.00. The van der Waals surface area contributed by atoms with Crippen LogP contribution in [0.25, 0.3) is 0 Å². The van der Waals surface area contributed by atoms with E-state index in [9.17, 15) is 0 Å². The lowest BCUT2D eigenvalue weighted by Gasteiger charge is -2.24. The predicted octanol–water partition coefficient (Wildman–Crippen LogP) is 3.38. The molecule has 2 rings (SSSR count). The van der Waals surface area contributed by atoms with Crippen LogP contribution in [0.5, 0.6) is 0 Å². The van der Waals surface area contributed by atoms with Crippen molar-refractivity contribution < 1.29 is 0 Å². The molecule has 120 valence electrons. The minimum absolute atomic E-state index is 0.00369. The molecule has 0 spiro atoms. The van der Waals surface area contributed by atoms with Crippen LogP contribution in [-0.4, -0.2) is 26.1 Å². The van der Waals surface area contributed by atoms with Crippen molar-refractivity contribution in [1.82, 2.24) is 19.5 Å².